The molecule has 1 heteroatoms. The first-order valence-corrected chi connectivity index (χ1v) is 5.59. The van der Waals surface area contributed by atoms with Crippen molar-refractivity contribution in [2.75, 3.05) is 0 Å². The van der Waals surface area contributed by atoms with Crippen LogP contribution < -0.4 is 0 Å². The molecule has 0 saturated heterocycles. The van der Waals surface area contributed by atoms with Gasteiger partial charge in [-0.15, -0.1) is 0 Å². The van der Waals surface area contributed by atoms with Gasteiger partial charge in [-0.1, -0.05) is 32.6 Å². The summed E-state index contributed by atoms with van der Waals surface area (Å²) < 4.78 is 0. The Balaban J connectivity index is 1.97. The maximum Gasteiger partial charge on any atom is 0.140 e. The van der Waals surface area contributed by atoms with Crippen molar-refractivity contribution in [3.05, 3.63) is 31.6 Å². The summed E-state index contributed by atoms with van der Waals surface area (Å²) >= 11 is 0. The Morgan fingerprint density at radius 1 is 1.07 bits per heavy atom. The van der Waals surface area contributed by atoms with E-state index in [4.69, 9.17) is 0 Å². The standard InChI is InChI=1S/C13H19O/c1-2-3-4-5-6-11-13(14)12-9-7-8-10-12/h7-10H,2-6,11H2,1H3. The lowest BCUT2D eigenvalue weighted by molar-refractivity contribution is -0.116. The third kappa shape index (κ3) is 4.26. The number of carbonyl (C=O) groups is 1. The fourth-order valence-corrected chi connectivity index (χ4v) is 1.59. The molecule has 0 bridgehead atoms. The quantitative estimate of drug-likeness (QED) is 0.564. The first-order chi connectivity index (χ1) is 6.84. The van der Waals surface area contributed by atoms with Crippen LogP contribution in [0.25, 0.3) is 0 Å². The molecular weight excluding hydrogens is 172 g/mol. The van der Waals surface area contributed by atoms with E-state index in [1.807, 2.05) is 25.7 Å². The third-order valence-corrected chi connectivity index (χ3v) is 2.49. The molecule has 0 spiro atoms. The van der Waals surface area contributed by atoms with E-state index in [1.54, 1.807) is 0 Å². The maximum atomic E-state index is 11.5. The van der Waals surface area contributed by atoms with Crippen molar-refractivity contribution in [1.82, 2.24) is 0 Å². The van der Waals surface area contributed by atoms with Crippen molar-refractivity contribution in [2.24, 2.45) is 0 Å². The number of unbranched alkanes of at least 4 members (excludes halogenated alkanes) is 4. The van der Waals surface area contributed by atoms with Crippen LogP contribution in [0.4, 0.5) is 0 Å². The van der Waals surface area contributed by atoms with Crippen LogP contribution in [0.15, 0.2) is 0 Å². The molecule has 77 valence electrons. The topological polar surface area (TPSA) is 17.1 Å². The lowest BCUT2D eigenvalue weighted by Gasteiger charge is -2.05. The van der Waals surface area contributed by atoms with Crippen molar-refractivity contribution in [2.45, 2.75) is 45.4 Å². The second kappa shape index (κ2) is 7.03. The van der Waals surface area contributed by atoms with Gasteiger partial charge in [0.05, 0.1) is 0 Å². The van der Waals surface area contributed by atoms with E-state index in [2.05, 4.69) is 6.92 Å². The molecular formula is C13H19O. The number of ketones is 1. The Hall–Kier alpha value is -0.330. The van der Waals surface area contributed by atoms with E-state index in [-0.39, 0.29) is 0 Å². The molecule has 1 aliphatic rings. The molecule has 0 atom stereocenters. The smallest absolute Gasteiger partial charge is 0.140 e. The average molecular weight is 191 g/mol. The molecule has 1 saturated carbocycles. The van der Waals surface area contributed by atoms with Crippen LogP contribution in [0.5, 0.6) is 0 Å². The van der Waals surface area contributed by atoms with Crippen LogP contribution in [0.3, 0.4) is 0 Å². The van der Waals surface area contributed by atoms with Crippen molar-refractivity contribution in [3.8, 4) is 0 Å². The number of carbonyl (C=O) groups excluding carboxylic acids is 1. The molecule has 0 aromatic heterocycles. The van der Waals surface area contributed by atoms with Gasteiger partial charge in [0.25, 0.3) is 0 Å². The zero-order valence-corrected chi connectivity index (χ0v) is 8.96. The largest absolute Gasteiger partial charge is 0.299 e. The van der Waals surface area contributed by atoms with E-state index >= 15 is 0 Å². The minimum Gasteiger partial charge on any atom is -0.299 e. The van der Waals surface area contributed by atoms with Gasteiger partial charge in [-0.25, -0.2) is 0 Å². The lowest BCUT2D eigenvalue weighted by atomic mass is 9.97. The second-order valence-electron chi connectivity index (χ2n) is 3.76. The summed E-state index contributed by atoms with van der Waals surface area (Å²) in [5.74, 6) is 1.17. The SMILES string of the molecule is CCCCCCCC(=O)[C]1[CH][CH][CH][CH]1. The normalized spacial score (nSPS) is 17.5. The van der Waals surface area contributed by atoms with Crippen LogP contribution in [0.2, 0.25) is 0 Å². The molecule has 5 radical (unpaired) electrons. The molecule has 0 N–H and O–H groups in total. The highest BCUT2D eigenvalue weighted by atomic mass is 16.1. The van der Waals surface area contributed by atoms with Crippen molar-refractivity contribution >= 4 is 5.78 Å². The minimum absolute atomic E-state index is 0.298. The number of Topliss-reactive ketones (excluding diaryl/α,β-unsaturated/α-hetero) is 1. The first kappa shape index (κ1) is 11.7. The van der Waals surface area contributed by atoms with Gasteiger partial charge in [0, 0.05) is 12.3 Å². The monoisotopic (exact) mass is 191 g/mol. The van der Waals surface area contributed by atoms with Crippen LogP contribution in [0.1, 0.15) is 45.4 Å². The Labute approximate surface area is 88.3 Å². The molecule has 0 unspecified atom stereocenters. The Morgan fingerprint density at radius 2 is 1.71 bits per heavy atom. The molecule has 0 aromatic rings. The molecule has 14 heavy (non-hydrogen) atoms. The number of rotatable bonds is 7. The van der Waals surface area contributed by atoms with Gasteiger partial charge < -0.3 is 0 Å². The predicted octanol–water partition coefficient (Wildman–Crippen LogP) is 3.32. The third-order valence-electron chi connectivity index (χ3n) is 2.49. The molecule has 1 rings (SSSR count). The van der Waals surface area contributed by atoms with Gasteiger partial charge in [0.2, 0.25) is 0 Å². The number of hydrogen-bond acceptors (Lipinski definition) is 1. The Kier molecular flexibility index (Phi) is 5.89. The van der Waals surface area contributed by atoms with Gasteiger partial charge in [-0.3, -0.25) is 4.79 Å². The summed E-state index contributed by atoms with van der Waals surface area (Å²) in [7, 11) is 0. The van der Waals surface area contributed by atoms with E-state index in [0.29, 0.717) is 12.2 Å². The summed E-state index contributed by atoms with van der Waals surface area (Å²) in [6.07, 6.45) is 14.4. The van der Waals surface area contributed by atoms with Gasteiger partial charge in [-0.2, -0.15) is 0 Å². The second-order valence-corrected chi connectivity index (χ2v) is 3.76. The summed E-state index contributed by atoms with van der Waals surface area (Å²) in [6, 6.07) is 0. The van der Waals surface area contributed by atoms with Crippen LogP contribution in [-0.2, 0) is 4.79 Å². The molecule has 1 aliphatic carbocycles. The van der Waals surface area contributed by atoms with Crippen molar-refractivity contribution in [3.63, 3.8) is 0 Å². The maximum absolute atomic E-state index is 11.5. The average Bonchev–Trinajstić information content (AvgIpc) is 2.70. The summed E-state index contributed by atoms with van der Waals surface area (Å²) in [4.78, 5) is 11.5. The summed E-state index contributed by atoms with van der Waals surface area (Å²) in [6.45, 7) is 2.20. The molecule has 0 aromatic carbocycles. The molecule has 0 amide bonds. The minimum atomic E-state index is 0.298. The Bertz CT molecular complexity index is 157. The fraction of sp³-hybridized carbons (Fsp3) is 0.538. The molecule has 1 nitrogen and oxygen atoms in total. The van der Waals surface area contributed by atoms with Gasteiger partial charge in [0.15, 0.2) is 0 Å². The van der Waals surface area contributed by atoms with Crippen molar-refractivity contribution < 1.29 is 4.79 Å². The van der Waals surface area contributed by atoms with E-state index < -0.39 is 0 Å². The highest BCUT2D eigenvalue weighted by Crippen LogP contribution is 2.25. The summed E-state index contributed by atoms with van der Waals surface area (Å²) in [5, 5.41) is 0. The van der Waals surface area contributed by atoms with Crippen molar-refractivity contribution in [1.29, 1.82) is 0 Å². The van der Waals surface area contributed by atoms with Gasteiger partial charge in [0.1, 0.15) is 5.78 Å². The summed E-state index contributed by atoms with van der Waals surface area (Å²) in [5.41, 5.74) is 0. The fourth-order valence-electron chi connectivity index (χ4n) is 1.59. The molecule has 0 aliphatic heterocycles. The van der Waals surface area contributed by atoms with Crippen LogP contribution in [0, 0.1) is 31.6 Å². The zero-order chi connectivity index (χ0) is 10.2. The lowest BCUT2D eigenvalue weighted by Crippen LogP contribution is -2.08. The molecule has 0 heterocycles. The van der Waals surface area contributed by atoms with Gasteiger partial charge >= 0.3 is 0 Å². The highest BCUT2D eigenvalue weighted by molar-refractivity contribution is 5.97. The molecule has 1 fully saturated rings. The Morgan fingerprint density at radius 3 is 2.36 bits per heavy atom. The zero-order valence-electron chi connectivity index (χ0n) is 8.96. The van der Waals surface area contributed by atoms with Crippen LogP contribution in [-0.4, -0.2) is 5.78 Å². The highest BCUT2D eigenvalue weighted by Gasteiger charge is 2.23. The van der Waals surface area contributed by atoms with Gasteiger partial charge in [-0.05, 0) is 32.1 Å². The predicted molar refractivity (Wildman–Crippen MR) is 58.8 cm³/mol. The van der Waals surface area contributed by atoms with E-state index in [1.165, 1.54) is 25.7 Å². The van der Waals surface area contributed by atoms with E-state index in [0.717, 1.165) is 12.3 Å². The van der Waals surface area contributed by atoms with Crippen LogP contribution >= 0.6 is 0 Å². The first-order valence-electron chi connectivity index (χ1n) is 5.59. The number of hydrogen-bond donors (Lipinski definition) is 0. The van der Waals surface area contributed by atoms with E-state index in [9.17, 15) is 4.79 Å².